The van der Waals surface area contributed by atoms with Gasteiger partial charge >= 0.3 is 0 Å². The van der Waals surface area contributed by atoms with Crippen molar-refractivity contribution in [1.82, 2.24) is 15.0 Å². The van der Waals surface area contributed by atoms with E-state index in [1.165, 1.54) is 0 Å². The molecular formula is C14H17N5O. The number of hydrogen-bond acceptors (Lipinski definition) is 6. The molecule has 0 saturated carbocycles. The quantitative estimate of drug-likeness (QED) is 0.869. The highest BCUT2D eigenvalue weighted by molar-refractivity contribution is 5.60. The smallest absolute Gasteiger partial charge is 0.232 e. The van der Waals surface area contributed by atoms with Crippen LogP contribution in [0.25, 0.3) is 5.57 Å². The van der Waals surface area contributed by atoms with Crippen molar-refractivity contribution in [3.05, 3.63) is 36.7 Å². The van der Waals surface area contributed by atoms with Crippen molar-refractivity contribution in [1.29, 1.82) is 0 Å². The second-order valence-electron chi connectivity index (χ2n) is 4.21. The summed E-state index contributed by atoms with van der Waals surface area (Å²) >= 11 is 0. The first-order valence-electron chi connectivity index (χ1n) is 6.26. The highest BCUT2D eigenvalue weighted by atomic mass is 16.5. The van der Waals surface area contributed by atoms with Crippen LogP contribution in [0.1, 0.15) is 19.7 Å². The van der Waals surface area contributed by atoms with Gasteiger partial charge in [-0.25, -0.2) is 0 Å². The number of nitrogen functional groups attached to an aromatic ring is 1. The molecular weight excluding hydrogens is 254 g/mol. The van der Waals surface area contributed by atoms with Crippen LogP contribution in [-0.4, -0.2) is 21.6 Å². The maximum atomic E-state index is 5.66. The number of aromatic nitrogens is 3. The van der Waals surface area contributed by atoms with Crippen LogP contribution in [0, 0.1) is 0 Å². The minimum absolute atomic E-state index is 0.154. The van der Waals surface area contributed by atoms with E-state index in [0.717, 1.165) is 17.0 Å². The van der Waals surface area contributed by atoms with E-state index in [2.05, 4.69) is 26.8 Å². The van der Waals surface area contributed by atoms with Gasteiger partial charge in [-0.05, 0) is 31.6 Å². The number of benzene rings is 1. The number of hydrogen-bond donors (Lipinski definition) is 2. The summed E-state index contributed by atoms with van der Waals surface area (Å²) < 4.78 is 5.44. The average Bonchev–Trinajstić information content (AvgIpc) is 2.38. The van der Waals surface area contributed by atoms with E-state index in [1.807, 2.05) is 38.1 Å². The van der Waals surface area contributed by atoms with Crippen LogP contribution in [0.4, 0.5) is 17.6 Å². The lowest BCUT2D eigenvalue weighted by atomic mass is 10.3. The molecule has 0 atom stereocenters. The molecule has 1 aromatic carbocycles. The average molecular weight is 271 g/mol. The Morgan fingerprint density at radius 2 is 2.15 bits per heavy atom. The Bertz CT molecular complexity index is 627. The molecule has 2 aromatic rings. The molecule has 0 unspecified atom stereocenters. The number of anilines is 3. The highest BCUT2D eigenvalue weighted by Crippen LogP contribution is 2.20. The molecule has 1 heterocycles. The van der Waals surface area contributed by atoms with Gasteiger partial charge in [-0.2, -0.15) is 15.0 Å². The molecule has 3 N–H and O–H groups in total. The summed E-state index contributed by atoms with van der Waals surface area (Å²) in [5, 5.41) is 3.08. The van der Waals surface area contributed by atoms with Gasteiger partial charge in [-0.15, -0.1) is 0 Å². The second-order valence-corrected chi connectivity index (χ2v) is 4.21. The summed E-state index contributed by atoms with van der Waals surface area (Å²) in [6, 6.07) is 7.53. The zero-order valence-electron chi connectivity index (χ0n) is 11.6. The van der Waals surface area contributed by atoms with Crippen molar-refractivity contribution < 1.29 is 4.74 Å². The summed E-state index contributed by atoms with van der Waals surface area (Å²) in [7, 11) is 0. The van der Waals surface area contributed by atoms with Crippen molar-refractivity contribution in [2.24, 2.45) is 0 Å². The summed E-state index contributed by atoms with van der Waals surface area (Å²) in [5.74, 6) is 1.78. The maximum Gasteiger partial charge on any atom is 0.232 e. The van der Waals surface area contributed by atoms with Crippen LogP contribution in [0.15, 0.2) is 30.8 Å². The van der Waals surface area contributed by atoms with Crippen molar-refractivity contribution in [2.75, 3.05) is 17.7 Å². The van der Waals surface area contributed by atoms with Gasteiger partial charge in [0.15, 0.2) is 5.82 Å². The molecule has 0 amide bonds. The molecule has 0 aliphatic carbocycles. The van der Waals surface area contributed by atoms with Gasteiger partial charge in [-0.3, -0.25) is 0 Å². The molecule has 6 nitrogen and oxygen atoms in total. The van der Waals surface area contributed by atoms with Crippen LogP contribution < -0.4 is 15.8 Å². The first-order valence-corrected chi connectivity index (χ1v) is 6.26. The number of nitrogens with two attached hydrogens (primary N) is 1. The van der Waals surface area contributed by atoms with E-state index in [1.54, 1.807) is 0 Å². The van der Waals surface area contributed by atoms with Crippen LogP contribution in [0.3, 0.4) is 0 Å². The van der Waals surface area contributed by atoms with Crippen LogP contribution in [0.5, 0.6) is 5.75 Å². The van der Waals surface area contributed by atoms with E-state index in [0.29, 0.717) is 18.4 Å². The second kappa shape index (κ2) is 6.01. The molecule has 0 spiro atoms. The lowest BCUT2D eigenvalue weighted by Crippen LogP contribution is -2.06. The molecule has 0 aliphatic rings. The van der Waals surface area contributed by atoms with E-state index in [9.17, 15) is 0 Å². The number of nitrogens with one attached hydrogen (secondary N) is 1. The first kappa shape index (κ1) is 13.8. The summed E-state index contributed by atoms with van der Waals surface area (Å²) in [6.45, 7) is 8.16. The van der Waals surface area contributed by atoms with Gasteiger partial charge in [-0.1, -0.05) is 12.6 Å². The number of ether oxygens (including phenoxy) is 1. The molecule has 0 bridgehead atoms. The van der Waals surface area contributed by atoms with Gasteiger partial charge < -0.3 is 15.8 Å². The van der Waals surface area contributed by atoms with Gasteiger partial charge in [0.1, 0.15) is 5.75 Å². The van der Waals surface area contributed by atoms with Gasteiger partial charge in [0.05, 0.1) is 6.61 Å². The Balaban J connectivity index is 2.25. The minimum atomic E-state index is 0.154. The van der Waals surface area contributed by atoms with Crippen LogP contribution >= 0.6 is 0 Å². The third-order valence-corrected chi connectivity index (χ3v) is 2.44. The Kier molecular flexibility index (Phi) is 4.14. The number of allylic oxidation sites excluding steroid dienone is 1. The third kappa shape index (κ3) is 3.44. The minimum Gasteiger partial charge on any atom is -0.494 e. The molecule has 0 radical (unpaired) electrons. The largest absolute Gasteiger partial charge is 0.494 e. The Hall–Kier alpha value is -2.63. The molecule has 104 valence electrons. The standard InChI is InChI=1S/C14H17N5O/c1-4-20-11-7-5-6-10(8-11)16-14-18-12(9(2)3)17-13(15)19-14/h5-8H,2,4H2,1,3H3,(H3,15,16,17,18,19). The summed E-state index contributed by atoms with van der Waals surface area (Å²) in [6.07, 6.45) is 0. The van der Waals surface area contributed by atoms with Crippen LogP contribution in [-0.2, 0) is 0 Å². The predicted molar refractivity (Wildman–Crippen MR) is 79.8 cm³/mol. The van der Waals surface area contributed by atoms with Crippen molar-refractivity contribution in [3.8, 4) is 5.75 Å². The monoisotopic (exact) mass is 271 g/mol. The van der Waals surface area contributed by atoms with E-state index < -0.39 is 0 Å². The van der Waals surface area contributed by atoms with Crippen molar-refractivity contribution in [3.63, 3.8) is 0 Å². The Morgan fingerprint density at radius 3 is 2.85 bits per heavy atom. The number of nitrogens with zero attached hydrogens (tertiary/aromatic N) is 3. The van der Waals surface area contributed by atoms with Gasteiger partial charge in [0.2, 0.25) is 11.9 Å². The Labute approximate surface area is 117 Å². The third-order valence-electron chi connectivity index (χ3n) is 2.44. The molecule has 0 fully saturated rings. The van der Waals surface area contributed by atoms with Gasteiger partial charge in [0, 0.05) is 11.8 Å². The highest BCUT2D eigenvalue weighted by Gasteiger charge is 2.06. The normalized spacial score (nSPS) is 10.1. The zero-order chi connectivity index (χ0) is 14.5. The summed E-state index contributed by atoms with van der Waals surface area (Å²) in [4.78, 5) is 12.3. The van der Waals surface area contributed by atoms with E-state index >= 15 is 0 Å². The molecule has 2 rings (SSSR count). The fourth-order valence-corrected chi connectivity index (χ4v) is 1.60. The zero-order valence-corrected chi connectivity index (χ0v) is 11.6. The predicted octanol–water partition coefficient (Wildman–Crippen LogP) is 2.63. The molecule has 0 aliphatic heterocycles. The topological polar surface area (TPSA) is 86.0 Å². The fraction of sp³-hybridized carbons (Fsp3) is 0.214. The van der Waals surface area contributed by atoms with Crippen molar-refractivity contribution in [2.45, 2.75) is 13.8 Å². The first-order chi connectivity index (χ1) is 9.58. The lowest BCUT2D eigenvalue weighted by Gasteiger charge is -2.09. The van der Waals surface area contributed by atoms with Crippen LogP contribution in [0.2, 0.25) is 0 Å². The fourth-order valence-electron chi connectivity index (χ4n) is 1.60. The van der Waals surface area contributed by atoms with E-state index in [-0.39, 0.29) is 5.95 Å². The molecule has 20 heavy (non-hydrogen) atoms. The van der Waals surface area contributed by atoms with Crippen molar-refractivity contribution >= 4 is 23.2 Å². The maximum absolute atomic E-state index is 5.66. The summed E-state index contributed by atoms with van der Waals surface area (Å²) in [5.41, 5.74) is 7.20. The lowest BCUT2D eigenvalue weighted by molar-refractivity contribution is 0.340. The Morgan fingerprint density at radius 1 is 1.35 bits per heavy atom. The number of rotatable bonds is 5. The molecule has 1 aromatic heterocycles. The molecule has 0 saturated heterocycles. The SMILES string of the molecule is C=C(C)c1nc(N)nc(Nc2cccc(OCC)c2)n1. The van der Waals surface area contributed by atoms with E-state index in [4.69, 9.17) is 10.5 Å². The van der Waals surface area contributed by atoms with Gasteiger partial charge in [0.25, 0.3) is 0 Å². The molecule has 6 heteroatoms.